The van der Waals surface area contributed by atoms with Crippen molar-refractivity contribution in [1.82, 2.24) is 0 Å². The van der Waals surface area contributed by atoms with Gasteiger partial charge in [0.2, 0.25) is 0 Å². The molecule has 1 aliphatic rings. The quantitative estimate of drug-likeness (QED) is 0.857. The number of nitrogens with zero attached hydrogens (tertiary/aromatic N) is 1. The van der Waals surface area contributed by atoms with E-state index >= 15 is 0 Å². The maximum absolute atomic E-state index is 9.37. The fraction of sp³-hybridized carbons (Fsp3) is 0.429. The van der Waals surface area contributed by atoms with Crippen molar-refractivity contribution in [2.24, 2.45) is 5.92 Å². The monoisotopic (exact) mass is 309 g/mol. The third-order valence-corrected chi connectivity index (χ3v) is 4.92. The van der Waals surface area contributed by atoms with Gasteiger partial charge in [0.1, 0.15) is 5.75 Å². The average molecular weight is 309 g/mol. The molecule has 2 heteroatoms. The summed E-state index contributed by atoms with van der Waals surface area (Å²) < 4.78 is 0. The minimum Gasteiger partial charge on any atom is -0.508 e. The lowest BCUT2D eigenvalue weighted by Gasteiger charge is -2.33. The van der Waals surface area contributed by atoms with Crippen molar-refractivity contribution in [1.29, 1.82) is 0 Å². The number of phenols is 1. The highest BCUT2D eigenvalue weighted by Crippen LogP contribution is 2.26. The number of rotatable bonds is 5. The van der Waals surface area contributed by atoms with Crippen LogP contribution in [-0.4, -0.2) is 18.2 Å². The maximum atomic E-state index is 9.37. The second-order valence-corrected chi connectivity index (χ2v) is 6.72. The predicted octanol–water partition coefficient (Wildman–Crippen LogP) is 4.80. The van der Waals surface area contributed by atoms with E-state index in [9.17, 15) is 5.11 Å². The summed E-state index contributed by atoms with van der Waals surface area (Å²) in [6, 6.07) is 16.8. The molecular weight excluding hydrogens is 282 g/mol. The number of benzene rings is 2. The fourth-order valence-electron chi connectivity index (χ4n) is 3.52. The average Bonchev–Trinajstić information content (AvgIpc) is 2.59. The van der Waals surface area contributed by atoms with E-state index in [-0.39, 0.29) is 0 Å². The van der Waals surface area contributed by atoms with E-state index in [0.717, 1.165) is 25.4 Å². The molecule has 122 valence electrons. The number of phenolic OH excluding ortho intramolecular Hbond substituents is 1. The van der Waals surface area contributed by atoms with Crippen LogP contribution in [0.3, 0.4) is 0 Å². The highest BCUT2D eigenvalue weighted by Gasteiger charge is 2.19. The molecule has 0 bridgehead atoms. The second-order valence-electron chi connectivity index (χ2n) is 6.72. The van der Waals surface area contributed by atoms with Gasteiger partial charge in [0.15, 0.2) is 0 Å². The van der Waals surface area contributed by atoms with Gasteiger partial charge in [-0.25, -0.2) is 0 Å². The first kappa shape index (κ1) is 15.9. The van der Waals surface area contributed by atoms with Crippen LogP contribution in [0.2, 0.25) is 0 Å². The Morgan fingerprint density at radius 3 is 2.13 bits per heavy atom. The lowest BCUT2D eigenvalue weighted by molar-refractivity contribution is 0.403. The van der Waals surface area contributed by atoms with E-state index in [1.807, 2.05) is 12.1 Å². The van der Waals surface area contributed by atoms with Crippen molar-refractivity contribution in [2.75, 3.05) is 18.0 Å². The van der Waals surface area contributed by atoms with Gasteiger partial charge in [0.05, 0.1) is 0 Å². The van der Waals surface area contributed by atoms with Crippen molar-refractivity contribution in [3.05, 3.63) is 59.7 Å². The SMILES string of the molecule is CCCc1ccc(N2CCC(Cc3ccc(O)cc3)CC2)cc1. The van der Waals surface area contributed by atoms with Crippen LogP contribution in [-0.2, 0) is 12.8 Å². The molecular formula is C21H27NO. The molecule has 1 saturated heterocycles. The summed E-state index contributed by atoms with van der Waals surface area (Å²) in [7, 11) is 0. The van der Waals surface area contributed by atoms with Crippen LogP contribution in [0.15, 0.2) is 48.5 Å². The van der Waals surface area contributed by atoms with Crippen molar-refractivity contribution < 1.29 is 5.11 Å². The van der Waals surface area contributed by atoms with Gasteiger partial charge in [-0.3, -0.25) is 0 Å². The summed E-state index contributed by atoms with van der Waals surface area (Å²) in [5.74, 6) is 1.12. The first-order valence-corrected chi connectivity index (χ1v) is 8.86. The van der Waals surface area contributed by atoms with Crippen molar-refractivity contribution in [2.45, 2.75) is 39.0 Å². The largest absolute Gasteiger partial charge is 0.508 e. The Bertz CT molecular complexity index is 595. The Morgan fingerprint density at radius 1 is 0.913 bits per heavy atom. The Kier molecular flexibility index (Phi) is 5.22. The number of hydrogen-bond donors (Lipinski definition) is 1. The number of aromatic hydroxyl groups is 1. The van der Waals surface area contributed by atoms with Gasteiger partial charge in [0, 0.05) is 18.8 Å². The molecule has 0 unspecified atom stereocenters. The Balaban J connectivity index is 1.52. The summed E-state index contributed by atoms with van der Waals surface area (Å²) in [5.41, 5.74) is 4.15. The Labute approximate surface area is 139 Å². The molecule has 0 spiro atoms. The van der Waals surface area contributed by atoms with Gasteiger partial charge in [-0.1, -0.05) is 37.6 Å². The lowest BCUT2D eigenvalue weighted by Crippen LogP contribution is -2.34. The molecule has 1 heterocycles. The molecule has 3 rings (SSSR count). The van der Waals surface area contributed by atoms with Crippen LogP contribution in [0.1, 0.15) is 37.3 Å². The number of anilines is 1. The molecule has 1 aliphatic heterocycles. The zero-order chi connectivity index (χ0) is 16.1. The topological polar surface area (TPSA) is 23.5 Å². The highest BCUT2D eigenvalue weighted by molar-refractivity contribution is 5.48. The van der Waals surface area contributed by atoms with Gasteiger partial charge >= 0.3 is 0 Å². The van der Waals surface area contributed by atoms with Gasteiger partial charge in [0.25, 0.3) is 0 Å². The molecule has 0 saturated carbocycles. The molecule has 2 aromatic rings. The minimum absolute atomic E-state index is 0.357. The summed E-state index contributed by atoms with van der Waals surface area (Å²) in [6.07, 6.45) is 6.01. The fourth-order valence-corrected chi connectivity index (χ4v) is 3.52. The first-order valence-electron chi connectivity index (χ1n) is 8.86. The maximum Gasteiger partial charge on any atom is 0.115 e. The van der Waals surface area contributed by atoms with E-state index in [0.29, 0.717) is 5.75 Å². The molecule has 0 atom stereocenters. The standard InChI is InChI=1S/C21H27NO/c1-2-3-17-4-8-20(9-5-17)22-14-12-19(13-15-22)16-18-6-10-21(23)11-7-18/h4-11,19,23H,2-3,12-16H2,1H3. The second kappa shape index (κ2) is 7.54. The molecule has 23 heavy (non-hydrogen) atoms. The van der Waals surface area contributed by atoms with E-state index in [1.54, 1.807) is 12.1 Å². The van der Waals surface area contributed by atoms with Crippen LogP contribution in [0.5, 0.6) is 5.75 Å². The summed E-state index contributed by atoms with van der Waals surface area (Å²) >= 11 is 0. The smallest absolute Gasteiger partial charge is 0.115 e. The highest BCUT2D eigenvalue weighted by atomic mass is 16.3. The van der Waals surface area contributed by atoms with Gasteiger partial charge in [-0.15, -0.1) is 0 Å². The molecule has 2 aromatic carbocycles. The zero-order valence-corrected chi connectivity index (χ0v) is 14.0. The molecule has 1 N–H and O–H groups in total. The Morgan fingerprint density at radius 2 is 1.52 bits per heavy atom. The third kappa shape index (κ3) is 4.28. The van der Waals surface area contributed by atoms with Crippen LogP contribution < -0.4 is 4.90 Å². The normalized spacial score (nSPS) is 15.8. The van der Waals surface area contributed by atoms with E-state index < -0.39 is 0 Å². The number of hydrogen-bond acceptors (Lipinski definition) is 2. The predicted molar refractivity (Wildman–Crippen MR) is 97.2 cm³/mol. The van der Waals surface area contributed by atoms with Gasteiger partial charge in [-0.05, 0) is 67.0 Å². The van der Waals surface area contributed by atoms with E-state index in [2.05, 4.69) is 36.1 Å². The van der Waals surface area contributed by atoms with E-state index in [1.165, 1.54) is 42.5 Å². The third-order valence-electron chi connectivity index (χ3n) is 4.92. The molecule has 0 amide bonds. The van der Waals surface area contributed by atoms with Crippen molar-refractivity contribution >= 4 is 5.69 Å². The molecule has 1 fully saturated rings. The molecule has 2 nitrogen and oxygen atoms in total. The first-order chi connectivity index (χ1) is 11.2. The van der Waals surface area contributed by atoms with Crippen LogP contribution in [0.4, 0.5) is 5.69 Å². The van der Waals surface area contributed by atoms with Gasteiger partial charge < -0.3 is 10.0 Å². The minimum atomic E-state index is 0.357. The summed E-state index contributed by atoms with van der Waals surface area (Å²) in [4.78, 5) is 2.52. The number of piperidine rings is 1. The molecule has 0 aliphatic carbocycles. The lowest BCUT2D eigenvalue weighted by atomic mass is 9.90. The molecule has 0 aromatic heterocycles. The van der Waals surface area contributed by atoms with Crippen molar-refractivity contribution in [3.8, 4) is 5.75 Å². The zero-order valence-electron chi connectivity index (χ0n) is 14.0. The summed E-state index contributed by atoms with van der Waals surface area (Å²) in [5, 5.41) is 9.37. The Hall–Kier alpha value is -1.96. The summed E-state index contributed by atoms with van der Waals surface area (Å²) in [6.45, 7) is 4.53. The number of aryl methyl sites for hydroxylation is 1. The van der Waals surface area contributed by atoms with Crippen molar-refractivity contribution in [3.63, 3.8) is 0 Å². The van der Waals surface area contributed by atoms with Crippen LogP contribution in [0, 0.1) is 5.92 Å². The van der Waals surface area contributed by atoms with Crippen LogP contribution >= 0.6 is 0 Å². The van der Waals surface area contributed by atoms with E-state index in [4.69, 9.17) is 0 Å². The molecule has 0 radical (unpaired) electrons. The van der Waals surface area contributed by atoms with Gasteiger partial charge in [-0.2, -0.15) is 0 Å². The van der Waals surface area contributed by atoms with Crippen LogP contribution in [0.25, 0.3) is 0 Å².